The Hall–Kier alpha value is -2.59. The van der Waals surface area contributed by atoms with E-state index < -0.39 is 0 Å². The third-order valence-corrected chi connectivity index (χ3v) is 5.84. The van der Waals surface area contributed by atoms with Crippen molar-refractivity contribution in [2.75, 3.05) is 18.6 Å². The Morgan fingerprint density at radius 2 is 1.97 bits per heavy atom. The molecular formula is C25H29ClN2O2. The third kappa shape index (κ3) is 4.29. The summed E-state index contributed by atoms with van der Waals surface area (Å²) < 4.78 is 4.81. The van der Waals surface area contributed by atoms with Crippen LogP contribution in [0.5, 0.6) is 0 Å². The van der Waals surface area contributed by atoms with E-state index in [1.807, 2.05) is 19.1 Å². The minimum absolute atomic E-state index is 0.0581. The van der Waals surface area contributed by atoms with Gasteiger partial charge in [0.15, 0.2) is 0 Å². The predicted molar refractivity (Wildman–Crippen MR) is 127 cm³/mol. The molecule has 0 saturated carbocycles. The Labute approximate surface area is 184 Å². The van der Waals surface area contributed by atoms with Crippen LogP contribution in [0.3, 0.4) is 0 Å². The number of esters is 1. The SMILES string of the molecule is CCCN1c2cc(Cl)c(C=Nc3cc(C(=O)OC)ccc3C)cc2C(C)=CC1(C)C. The number of ether oxygens (including phenoxy) is 1. The van der Waals surface area contributed by atoms with Gasteiger partial charge in [-0.3, -0.25) is 4.99 Å². The predicted octanol–water partition coefficient (Wildman–Crippen LogP) is 6.60. The van der Waals surface area contributed by atoms with E-state index >= 15 is 0 Å². The summed E-state index contributed by atoms with van der Waals surface area (Å²) in [7, 11) is 1.37. The highest BCUT2D eigenvalue weighted by Crippen LogP contribution is 2.41. The average molecular weight is 425 g/mol. The van der Waals surface area contributed by atoms with E-state index in [1.165, 1.54) is 18.2 Å². The molecule has 2 aromatic carbocycles. The van der Waals surface area contributed by atoms with Crippen LogP contribution < -0.4 is 4.90 Å². The molecule has 1 aliphatic heterocycles. The summed E-state index contributed by atoms with van der Waals surface area (Å²) in [5.41, 5.74) is 6.52. The summed E-state index contributed by atoms with van der Waals surface area (Å²) in [5.74, 6) is -0.377. The fourth-order valence-corrected chi connectivity index (χ4v) is 4.18. The second-order valence-corrected chi connectivity index (χ2v) is 8.68. The van der Waals surface area contributed by atoms with Crippen LogP contribution in [0, 0.1) is 6.92 Å². The maximum atomic E-state index is 11.8. The highest BCUT2D eigenvalue weighted by molar-refractivity contribution is 6.33. The molecule has 5 heteroatoms. The number of hydrogen-bond acceptors (Lipinski definition) is 4. The highest BCUT2D eigenvalue weighted by Gasteiger charge is 2.31. The van der Waals surface area contributed by atoms with Gasteiger partial charge in [-0.1, -0.05) is 30.7 Å². The number of allylic oxidation sites excluding steroid dienone is 1. The zero-order valence-electron chi connectivity index (χ0n) is 18.5. The standard InChI is InChI=1S/C25H29ClN2O2/c1-7-10-28-23-13-21(26)19(11-20(23)17(3)14-25(28,4)5)15-27-22-12-18(24(29)30-6)9-8-16(22)2/h8-9,11-15H,7,10H2,1-6H3. The third-order valence-electron chi connectivity index (χ3n) is 5.52. The van der Waals surface area contributed by atoms with Gasteiger partial charge in [0.05, 0.1) is 28.9 Å². The van der Waals surface area contributed by atoms with Crippen LogP contribution in [-0.2, 0) is 4.74 Å². The zero-order valence-corrected chi connectivity index (χ0v) is 19.3. The largest absolute Gasteiger partial charge is 0.465 e. The number of hydrogen-bond donors (Lipinski definition) is 0. The molecule has 0 N–H and O–H groups in total. The Bertz CT molecular complexity index is 1040. The molecule has 0 saturated heterocycles. The van der Waals surface area contributed by atoms with Crippen molar-refractivity contribution in [3.63, 3.8) is 0 Å². The maximum Gasteiger partial charge on any atom is 0.337 e. The maximum absolute atomic E-state index is 11.8. The molecule has 1 aliphatic rings. The number of fused-ring (bicyclic) bond motifs is 1. The molecule has 0 unspecified atom stereocenters. The lowest BCUT2D eigenvalue weighted by Gasteiger charge is -2.43. The second-order valence-electron chi connectivity index (χ2n) is 8.27. The van der Waals surface area contributed by atoms with Gasteiger partial charge in [0.1, 0.15) is 0 Å². The van der Waals surface area contributed by atoms with Gasteiger partial charge in [0.25, 0.3) is 0 Å². The first-order valence-corrected chi connectivity index (χ1v) is 10.6. The average Bonchev–Trinajstić information content (AvgIpc) is 2.70. The van der Waals surface area contributed by atoms with E-state index in [0.717, 1.165) is 29.8 Å². The molecule has 1 heterocycles. The molecular weight excluding hydrogens is 396 g/mol. The minimum atomic E-state index is -0.377. The van der Waals surface area contributed by atoms with Gasteiger partial charge in [-0.05, 0) is 69.5 Å². The fourth-order valence-electron chi connectivity index (χ4n) is 3.98. The Morgan fingerprint density at radius 3 is 2.63 bits per heavy atom. The van der Waals surface area contributed by atoms with Crippen molar-refractivity contribution in [3.8, 4) is 0 Å². The smallest absolute Gasteiger partial charge is 0.337 e. The molecule has 0 aromatic heterocycles. The van der Waals surface area contributed by atoms with Crippen LogP contribution in [0.25, 0.3) is 5.57 Å². The molecule has 0 atom stereocenters. The minimum Gasteiger partial charge on any atom is -0.465 e. The summed E-state index contributed by atoms with van der Waals surface area (Å²) in [6.45, 7) is 11.7. The second kappa shape index (κ2) is 8.65. The first-order chi connectivity index (χ1) is 14.2. The van der Waals surface area contributed by atoms with Crippen molar-refractivity contribution in [1.82, 2.24) is 0 Å². The Kier molecular flexibility index (Phi) is 6.37. The first kappa shape index (κ1) is 22.1. The van der Waals surface area contributed by atoms with Crippen LogP contribution in [0.2, 0.25) is 5.02 Å². The normalized spacial score (nSPS) is 15.2. The Balaban J connectivity index is 2.02. The number of rotatable bonds is 5. The molecule has 4 nitrogen and oxygen atoms in total. The van der Waals surface area contributed by atoms with Crippen LogP contribution in [-0.4, -0.2) is 31.4 Å². The van der Waals surface area contributed by atoms with Crippen molar-refractivity contribution in [1.29, 1.82) is 0 Å². The van der Waals surface area contributed by atoms with E-state index in [1.54, 1.807) is 18.3 Å². The summed E-state index contributed by atoms with van der Waals surface area (Å²) >= 11 is 6.67. The van der Waals surface area contributed by atoms with Crippen LogP contribution in [0.15, 0.2) is 41.4 Å². The molecule has 0 fully saturated rings. The van der Waals surface area contributed by atoms with Crippen molar-refractivity contribution in [2.45, 2.75) is 46.6 Å². The van der Waals surface area contributed by atoms with E-state index in [0.29, 0.717) is 16.3 Å². The number of carbonyl (C=O) groups is 1. The lowest BCUT2D eigenvalue weighted by molar-refractivity contribution is 0.0601. The molecule has 0 aliphatic carbocycles. The van der Waals surface area contributed by atoms with Crippen LogP contribution >= 0.6 is 11.6 Å². The molecule has 30 heavy (non-hydrogen) atoms. The van der Waals surface area contributed by atoms with Gasteiger partial charge in [-0.15, -0.1) is 0 Å². The molecule has 0 amide bonds. The summed E-state index contributed by atoms with van der Waals surface area (Å²) in [4.78, 5) is 18.9. The summed E-state index contributed by atoms with van der Waals surface area (Å²) in [5, 5.41) is 0.658. The van der Waals surface area contributed by atoms with Crippen LogP contribution in [0.4, 0.5) is 11.4 Å². The van der Waals surface area contributed by atoms with Gasteiger partial charge in [-0.2, -0.15) is 0 Å². The summed E-state index contributed by atoms with van der Waals surface area (Å²) in [6.07, 6.45) is 5.14. The molecule has 2 aromatic rings. The number of halogens is 1. The quantitative estimate of drug-likeness (QED) is 0.401. The van der Waals surface area contributed by atoms with Gasteiger partial charge in [0.2, 0.25) is 0 Å². The number of methoxy groups -OCH3 is 1. The van der Waals surface area contributed by atoms with Crippen molar-refractivity contribution < 1.29 is 9.53 Å². The van der Waals surface area contributed by atoms with E-state index in [-0.39, 0.29) is 11.5 Å². The molecule has 0 radical (unpaired) electrons. The highest BCUT2D eigenvalue weighted by atomic mass is 35.5. The van der Waals surface area contributed by atoms with E-state index in [4.69, 9.17) is 16.3 Å². The van der Waals surface area contributed by atoms with Gasteiger partial charge in [0, 0.05) is 29.6 Å². The van der Waals surface area contributed by atoms with E-state index in [2.05, 4.69) is 49.7 Å². The lowest BCUT2D eigenvalue weighted by Crippen LogP contribution is -2.45. The van der Waals surface area contributed by atoms with Crippen LogP contribution in [0.1, 0.15) is 61.2 Å². The number of nitrogens with zero attached hydrogens (tertiary/aromatic N) is 2. The molecule has 0 bridgehead atoms. The zero-order chi connectivity index (χ0) is 22.1. The number of benzene rings is 2. The number of carbonyl (C=O) groups excluding carboxylic acids is 1. The molecule has 3 rings (SSSR count). The number of aryl methyl sites for hydroxylation is 1. The van der Waals surface area contributed by atoms with Crippen molar-refractivity contribution >= 4 is 40.7 Å². The monoisotopic (exact) mass is 424 g/mol. The first-order valence-electron chi connectivity index (χ1n) is 10.2. The lowest BCUT2D eigenvalue weighted by atomic mass is 9.88. The topological polar surface area (TPSA) is 41.9 Å². The molecule has 0 spiro atoms. The number of aliphatic imine (C=N–C) groups is 1. The van der Waals surface area contributed by atoms with Gasteiger partial charge in [-0.25, -0.2) is 4.79 Å². The fraction of sp³-hybridized carbons (Fsp3) is 0.360. The van der Waals surface area contributed by atoms with Gasteiger partial charge < -0.3 is 9.64 Å². The van der Waals surface area contributed by atoms with Gasteiger partial charge >= 0.3 is 5.97 Å². The van der Waals surface area contributed by atoms with Crippen molar-refractivity contribution in [3.05, 3.63) is 63.7 Å². The summed E-state index contributed by atoms with van der Waals surface area (Å²) in [6, 6.07) is 9.49. The van der Waals surface area contributed by atoms with E-state index in [9.17, 15) is 4.79 Å². The number of anilines is 1. The van der Waals surface area contributed by atoms with Crippen molar-refractivity contribution in [2.24, 2.45) is 4.99 Å². The molecule has 158 valence electrons. The Morgan fingerprint density at radius 1 is 1.23 bits per heavy atom.